The Morgan fingerprint density at radius 3 is 2.86 bits per heavy atom. The molecule has 0 saturated carbocycles. The Morgan fingerprint density at radius 2 is 2.10 bits per heavy atom. The lowest BCUT2D eigenvalue weighted by Gasteiger charge is -2.24. The van der Waals surface area contributed by atoms with Crippen molar-refractivity contribution < 1.29 is 4.21 Å². The summed E-state index contributed by atoms with van der Waals surface area (Å²) in [5.41, 5.74) is 3.33. The van der Waals surface area contributed by atoms with Crippen molar-refractivity contribution in [1.82, 2.24) is 24.9 Å². The smallest absolute Gasteiger partial charge is 0.0967 e. The molecule has 0 bridgehead atoms. The second kappa shape index (κ2) is 6.44. The van der Waals surface area contributed by atoms with Crippen LogP contribution in [-0.2, 0) is 23.9 Å². The lowest BCUT2D eigenvalue weighted by molar-refractivity contribution is 0.288. The van der Waals surface area contributed by atoms with Crippen LogP contribution in [0.4, 0.5) is 0 Å². The van der Waals surface area contributed by atoms with Crippen LogP contribution in [0.25, 0.3) is 0 Å². The average Bonchev–Trinajstić information content (AvgIpc) is 2.91. The summed E-state index contributed by atoms with van der Waals surface area (Å²) in [5.74, 6) is 1.54. The summed E-state index contributed by atoms with van der Waals surface area (Å²) in [4.78, 5) is 6.38. The third-order valence-corrected chi connectivity index (χ3v) is 4.99. The SMILES string of the molecule is Cc1cnccc1Cn1cc(CN2CCS(=O)CC2)nn1. The Kier molecular flexibility index (Phi) is 4.40. The molecule has 0 aromatic carbocycles. The zero-order valence-electron chi connectivity index (χ0n) is 12.1. The first-order valence-electron chi connectivity index (χ1n) is 7.06. The van der Waals surface area contributed by atoms with Crippen LogP contribution >= 0.6 is 0 Å². The van der Waals surface area contributed by atoms with E-state index in [9.17, 15) is 4.21 Å². The van der Waals surface area contributed by atoms with Gasteiger partial charge in [0.2, 0.25) is 0 Å². The largest absolute Gasteiger partial charge is 0.296 e. The molecule has 7 heteroatoms. The van der Waals surface area contributed by atoms with E-state index >= 15 is 0 Å². The van der Waals surface area contributed by atoms with Crippen molar-refractivity contribution in [2.45, 2.75) is 20.0 Å². The fraction of sp³-hybridized carbons (Fsp3) is 0.500. The highest BCUT2D eigenvalue weighted by Gasteiger charge is 2.16. The number of aryl methyl sites for hydroxylation is 1. The molecule has 0 atom stereocenters. The van der Waals surface area contributed by atoms with Crippen LogP contribution in [0.1, 0.15) is 16.8 Å². The molecule has 3 rings (SSSR count). The van der Waals surface area contributed by atoms with Crippen molar-refractivity contribution in [3.63, 3.8) is 0 Å². The molecule has 1 fully saturated rings. The van der Waals surface area contributed by atoms with Gasteiger partial charge < -0.3 is 0 Å². The number of hydrogen-bond donors (Lipinski definition) is 0. The van der Waals surface area contributed by atoms with Gasteiger partial charge in [0, 0.05) is 54.3 Å². The van der Waals surface area contributed by atoms with Crippen LogP contribution in [0.2, 0.25) is 0 Å². The molecular weight excluding hydrogens is 286 g/mol. The van der Waals surface area contributed by atoms with Gasteiger partial charge in [-0.25, -0.2) is 4.68 Å². The number of nitrogens with zero attached hydrogens (tertiary/aromatic N) is 5. The maximum Gasteiger partial charge on any atom is 0.0967 e. The summed E-state index contributed by atoms with van der Waals surface area (Å²) >= 11 is 0. The standard InChI is InChI=1S/C14H19N5OS/c1-12-8-15-3-2-13(12)9-19-11-14(16-17-19)10-18-4-6-21(20)7-5-18/h2-3,8,11H,4-7,9-10H2,1H3. The molecular formula is C14H19N5OS. The van der Waals surface area contributed by atoms with E-state index in [4.69, 9.17) is 0 Å². The van der Waals surface area contributed by atoms with E-state index in [0.717, 1.165) is 42.4 Å². The Hall–Kier alpha value is -1.60. The predicted octanol–water partition coefficient (Wildman–Crippen LogP) is 0.594. The summed E-state index contributed by atoms with van der Waals surface area (Å²) in [5, 5.41) is 8.43. The number of aromatic nitrogens is 4. The van der Waals surface area contributed by atoms with Gasteiger partial charge in [-0.05, 0) is 24.1 Å². The molecule has 0 radical (unpaired) electrons. The van der Waals surface area contributed by atoms with Crippen LogP contribution in [0, 0.1) is 6.92 Å². The molecule has 2 aromatic heterocycles. The van der Waals surface area contributed by atoms with E-state index in [1.165, 1.54) is 5.56 Å². The summed E-state index contributed by atoms with van der Waals surface area (Å²) in [6.07, 6.45) is 5.65. The third-order valence-electron chi connectivity index (χ3n) is 3.71. The van der Waals surface area contributed by atoms with E-state index in [0.29, 0.717) is 6.54 Å². The zero-order chi connectivity index (χ0) is 14.7. The Labute approximate surface area is 126 Å². The summed E-state index contributed by atoms with van der Waals surface area (Å²) in [7, 11) is -0.632. The maximum atomic E-state index is 11.3. The minimum atomic E-state index is -0.632. The first kappa shape index (κ1) is 14.3. The van der Waals surface area contributed by atoms with Crippen molar-refractivity contribution in [3.8, 4) is 0 Å². The summed E-state index contributed by atoms with van der Waals surface area (Å²) < 4.78 is 13.2. The molecule has 2 aromatic rings. The van der Waals surface area contributed by atoms with Gasteiger partial charge in [0.15, 0.2) is 0 Å². The maximum absolute atomic E-state index is 11.3. The lowest BCUT2D eigenvalue weighted by Crippen LogP contribution is -2.37. The van der Waals surface area contributed by atoms with Crippen molar-refractivity contribution in [3.05, 3.63) is 41.5 Å². The van der Waals surface area contributed by atoms with Gasteiger partial charge in [-0.3, -0.25) is 14.1 Å². The van der Waals surface area contributed by atoms with Crippen molar-refractivity contribution in [2.75, 3.05) is 24.6 Å². The molecule has 6 nitrogen and oxygen atoms in total. The van der Waals surface area contributed by atoms with Crippen molar-refractivity contribution in [2.24, 2.45) is 0 Å². The predicted molar refractivity (Wildman–Crippen MR) is 81.3 cm³/mol. The van der Waals surface area contributed by atoms with Gasteiger partial charge in [0.1, 0.15) is 0 Å². The topological polar surface area (TPSA) is 63.9 Å². The van der Waals surface area contributed by atoms with Crippen LogP contribution in [-0.4, -0.2) is 53.7 Å². The van der Waals surface area contributed by atoms with Crippen molar-refractivity contribution in [1.29, 1.82) is 0 Å². The van der Waals surface area contributed by atoms with Gasteiger partial charge in [0.05, 0.1) is 18.4 Å². The third kappa shape index (κ3) is 3.74. The van der Waals surface area contributed by atoms with Gasteiger partial charge in [-0.1, -0.05) is 5.21 Å². The summed E-state index contributed by atoms with van der Waals surface area (Å²) in [6.45, 7) is 5.30. The minimum absolute atomic E-state index is 0.632. The number of pyridine rings is 1. The second-order valence-electron chi connectivity index (χ2n) is 5.33. The molecule has 1 aliphatic heterocycles. The minimum Gasteiger partial charge on any atom is -0.296 e. The Morgan fingerprint density at radius 1 is 1.29 bits per heavy atom. The molecule has 21 heavy (non-hydrogen) atoms. The van der Waals surface area contributed by atoms with E-state index in [2.05, 4.69) is 20.2 Å². The Bertz CT molecular complexity index is 632. The lowest BCUT2D eigenvalue weighted by atomic mass is 10.1. The number of hydrogen-bond acceptors (Lipinski definition) is 5. The van der Waals surface area contributed by atoms with E-state index in [1.807, 2.05) is 30.1 Å². The highest BCUT2D eigenvalue weighted by Crippen LogP contribution is 2.09. The normalized spacial score (nSPS) is 17.2. The quantitative estimate of drug-likeness (QED) is 0.827. The molecule has 3 heterocycles. The van der Waals surface area contributed by atoms with E-state index in [-0.39, 0.29) is 0 Å². The van der Waals surface area contributed by atoms with Crippen LogP contribution < -0.4 is 0 Å². The van der Waals surface area contributed by atoms with Crippen molar-refractivity contribution >= 4 is 10.8 Å². The Balaban J connectivity index is 1.61. The zero-order valence-corrected chi connectivity index (χ0v) is 12.9. The van der Waals surface area contributed by atoms with E-state index in [1.54, 1.807) is 6.20 Å². The average molecular weight is 305 g/mol. The van der Waals surface area contributed by atoms with Gasteiger partial charge in [-0.15, -0.1) is 5.10 Å². The molecule has 0 spiro atoms. The van der Waals surface area contributed by atoms with Gasteiger partial charge >= 0.3 is 0 Å². The molecule has 0 amide bonds. The molecule has 112 valence electrons. The molecule has 0 unspecified atom stereocenters. The monoisotopic (exact) mass is 305 g/mol. The number of rotatable bonds is 4. The fourth-order valence-corrected chi connectivity index (χ4v) is 3.53. The first-order valence-corrected chi connectivity index (χ1v) is 8.55. The highest BCUT2D eigenvalue weighted by molar-refractivity contribution is 7.85. The van der Waals surface area contributed by atoms with Crippen LogP contribution in [0.3, 0.4) is 0 Å². The highest BCUT2D eigenvalue weighted by atomic mass is 32.2. The fourth-order valence-electron chi connectivity index (χ4n) is 2.41. The molecule has 0 aliphatic carbocycles. The van der Waals surface area contributed by atoms with Crippen LogP contribution in [0.5, 0.6) is 0 Å². The molecule has 1 saturated heterocycles. The van der Waals surface area contributed by atoms with Gasteiger partial charge in [-0.2, -0.15) is 0 Å². The van der Waals surface area contributed by atoms with Gasteiger partial charge in [0.25, 0.3) is 0 Å². The first-order chi connectivity index (χ1) is 10.2. The molecule has 1 aliphatic rings. The second-order valence-corrected chi connectivity index (χ2v) is 7.03. The van der Waals surface area contributed by atoms with E-state index < -0.39 is 10.8 Å². The summed E-state index contributed by atoms with van der Waals surface area (Å²) in [6, 6.07) is 2.01. The molecule has 0 N–H and O–H groups in total. The van der Waals surface area contributed by atoms with Crippen LogP contribution in [0.15, 0.2) is 24.7 Å².